The van der Waals surface area contributed by atoms with Gasteiger partial charge in [0, 0.05) is 13.2 Å². The van der Waals surface area contributed by atoms with Gasteiger partial charge in [-0.3, -0.25) is 0 Å². The average Bonchev–Trinajstić information content (AvgIpc) is 2.34. The lowest BCUT2D eigenvalue weighted by Crippen LogP contribution is -2.35. The molecule has 0 amide bonds. The van der Waals surface area contributed by atoms with Crippen LogP contribution in [-0.4, -0.2) is 23.9 Å². The molecular weight excluding hydrogens is 224 g/mol. The third-order valence-electron chi connectivity index (χ3n) is 3.44. The molecule has 2 heteroatoms. The Morgan fingerprint density at radius 1 is 1.00 bits per heavy atom. The number of hydrogen-bond donors (Lipinski definition) is 1. The zero-order valence-electron chi connectivity index (χ0n) is 12.1. The van der Waals surface area contributed by atoms with Crippen molar-refractivity contribution in [3.8, 4) is 0 Å². The highest BCUT2D eigenvalue weighted by atomic mass is 16.5. The molecule has 0 aromatic heterocycles. The van der Waals surface area contributed by atoms with Crippen LogP contribution in [0, 0.1) is 19.8 Å². The Kier molecular flexibility index (Phi) is 5.83. The van der Waals surface area contributed by atoms with E-state index in [9.17, 15) is 5.11 Å². The van der Waals surface area contributed by atoms with E-state index in [0.717, 1.165) is 26.1 Å². The maximum absolute atomic E-state index is 9.59. The van der Waals surface area contributed by atoms with Crippen LogP contribution in [0.5, 0.6) is 0 Å². The molecule has 1 aromatic rings. The molecule has 18 heavy (non-hydrogen) atoms. The van der Waals surface area contributed by atoms with E-state index in [-0.39, 0.29) is 0 Å². The summed E-state index contributed by atoms with van der Waals surface area (Å²) in [6.45, 7) is 9.58. The summed E-state index contributed by atoms with van der Waals surface area (Å²) in [4.78, 5) is 0. The van der Waals surface area contributed by atoms with Crippen molar-refractivity contribution < 1.29 is 9.84 Å². The Bertz CT molecular complexity index is 308. The second kappa shape index (κ2) is 6.91. The largest absolute Gasteiger partial charge is 0.390 e. The van der Waals surface area contributed by atoms with Gasteiger partial charge in [0.15, 0.2) is 0 Å². The Balaban J connectivity index is 0.000000184. The first-order valence-corrected chi connectivity index (χ1v) is 6.73. The fourth-order valence-electron chi connectivity index (χ4n) is 2.04. The summed E-state index contributed by atoms with van der Waals surface area (Å²) in [6, 6.07) is 8.48. The monoisotopic (exact) mass is 250 g/mol. The van der Waals surface area contributed by atoms with Crippen LogP contribution in [0.4, 0.5) is 0 Å². The minimum Gasteiger partial charge on any atom is -0.390 e. The molecule has 0 radical (unpaired) electrons. The van der Waals surface area contributed by atoms with E-state index in [1.54, 1.807) is 0 Å². The molecule has 2 rings (SSSR count). The lowest BCUT2D eigenvalue weighted by atomic mass is 9.85. The molecular formula is C16H26O2. The van der Waals surface area contributed by atoms with Crippen molar-refractivity contribution in [1.82, 2.24) is 0 Å². The fraction of sp³-hybridized carbons (Fsp3) is 0.625. The first kappa shape index (κ1) is 15.2. The van der Waals surface area contributed by atoms with Gasteiger partial charge in [-0.05, 0) is 46.5 Å². The van der Waals surface area contributed by atoms with Crippen molar-refractivity contribution >= 4 is 0 Å². The van der Waals surface area contributed by atoms with Crippen molar-refractivity contribution in [3.05, 3.63) is 35.4 Å². The molecule has 1 N–H and O–H groups in total. The van der Waals surface area contributed by atoms with Gasteiger partial charge in [-0.15, -0.1) is 0 Å². The molecule has 1 fully saturated rings. The molecule has 1 aliphatic rings. The molecule has 1 aliphatic heterocycles. The number of benzene rings is 1. The molecule has 0 aliphatic carbocycles. The zero-order valence-corrected chi connectivity index (χ0v) is 12.1. The van der Waals surface area contributed by atoms with Crippen LogP contribution >= 0.6 is 0 Å². The molecule has 1 saturated heterocycles. The highest BCUT2D eigenvalue weighted by Gasteiger charge is 2.27. The van der Waals surface area contributed by atoms with Crippen molar-refractivity contribution in [2.45, 2.75) is 46.1 Å². The van der Waals surface area contributed by atoms with Gasteiger partial charge < -0.3 is 9.84 Å². The van der Waals surface area contributed by atoms with E-state index < -0.39 is 5.60 Å². The van der Waals surface area contributed by atoms with E-state index in [0.29, 0.717) is 5.92 Å². The lowest BCUT2D eigenvalue weighted by Gasteiger charge is -2.32. The SMILES string of the molecule is CC(C)(O)C1CCOCC1.Cc1ccc(C)cc1. The van der Waals surface area contributed by atoms with Crippen molar-refractivity contribution in [2.75, 3.05) is 13.2 Å². The summed E-state index contributed by atoms with van der Waals surface area (Å²) in [5.74, 6) is 0.432. The van der Waals surface area contributed by atoms with E-state index in [4.69, 9.17) is 4.74 Å². The standard InChI is InChI=1S/C8H16O2.C8H10/c1-8(2,9)7-3-5-10-6-4-7;1-7-3-5-8(2)6-4-7/h7,9H,3-6H2,1-2H3;3-6H,1-2H3. The van der Waals surface area contributed by atoms with Gasteiger partial charge in [0.2, 0.25) is 0 Å². The van der Waals surface area contributed by atoms with Gasteiger partial charge in [0.25, 0.3) is 0 Å². The summed E-state index contributed by atoms with van der Waals surface area (Å²) in [5.41, 5.74) is 2.15. The van der Waals surface area contributed by atoms with Crippen molar-refractivity contribution in [3.63, 3.8) is 0 Å². The number of ether oxygens (including phenoxy) is 1. The molecule has 1 heterocycles. The van der Waals surface area contributed by atoms with Gasteiger partial charge in [-0.25, -0.2) is 0 Å². The van der Waals surface area contributed by atoms with Crippen molar-refractivity contribution in [2.24, 2.45) is 5.92 Å². The molecule has 102 valence electrons. The van der Waals surface area contributed by atoms with Gasteiger partial charge in [0.05, 0.1) is 5.60 Å². The van der Waals surface area contributed by atoms with Crippen LogP contribution in [0.3, 0.4) is 0 Å². The van der Waals surface area contributed by atoms with Crippen LogP contribution < -0.4 is 0 Å². The minimum atomic E-state index is -0.510. The third-order valence-corrected chi connectivity index (χ3v) is 3.44. The van der Waals surface area contributed by atoms with E-state index in [1.807, 2.05) is 13.8 Å². The van der Waals surface area contributed by atoms with Crippen LogP contribution in [-0.2, 0) is 4.74 Å². The predicted molar refractivity (Wildman–Crippen MR) is 75.8 cm³/mol. The Morgan fingerprint density at radius 3 is 1.67 bits per heavy atom. The number of aliphatic hydroxyl groups is 1. The van der Waals surface area contributed by atoms with Gasteiger partial charge in [-0.2, -0.15) is 0 Å². The highest BCUT2D eigenvalue weighted by Crippen LogP contribution is 2.26. The first-order valence-electron chi connectivity index (χ1n) is 6.73. The van der Waals surface area contributed by atoms with E-state index >= 15 is 0 Å². The maximum atomic E-state index is 9.59. The van der Waals surface area contributed by atoms with Crippen LogP contribution in [0.2, 0.25) is 0 Å². The third kappa shape index (κ3) is 5.65. The molecule has 0 atom stereocenters. The van der Waals surface area contributed by atoms with Gasteiger partial charge in [-0.1, -0.05) is 35.4 Å². The lowest BCUT2D eigenvalue weighted by molar-refractivity contribution is -0.0415. The Hall–Kier alpha value is -0.860. The molecule has 0 saturated carbocycles. The number of rotatable bonds is 1. The summed E-state index contributed by atoms with van der Waals surface area (Å²) in [7, 11) is 0. The molecule has 1 aromatic carbocycles. The van der Waals surface area contributed by atoms with Crippen LogP contribution in [0.15, 0.2) is 24.3 Å². The molecule has 0 unspecified atom stereocenters. The van der Waals surface area contributed by atoms with E-state index in [2.05, 4.69) is 38.1 Å². The molecule has 2 nitrogen and oxygen atoms in total. The van der Waals surface area contributed by atoms with Gasteiger partial charge in [0.1, 0.15) is 0 Å². The number of aryl methyl sites for hydroxylation is 2. The van der Waals surface area contributed by atoms with Gasteiger partial charge >= 0.3 is 0 Å². The zero-order chi connectivity index (χ0) is 13.6. The summed E-state index contributed by atoms with van der Waals surface area (Å²) >= 11 is 0. The van der Waals surface area contributed by atoms with Crippen LogP contribution in [0.1, 0.15) is 37.8 Å². The average molecular weight is 250 g/mol. The predicted octanol–water partition coefficient (Wildman–Crippen LogP) is 3.49. The fourth-order valence-corrected chi connectivity index (χ4v) is 2.04. The molecule has 0 spiro atoms. The second-order valence-electron chi connectivity index (χ2n) is 5.70. The van der Waals surface area contributed by atoms with E-state index in [1.165, 1.54) is 11.1 Å². The number of hydrogen-bond acceptors (Lipinski definition) is 2. The van der Waals surface area contributed by atoms with Crippen molar-refractivity contribution in [1.29, 1.82) is 0 Å². The maximum Gasteiger partial charge on any atom is 0.0621 e. The summed E-state index contributed by atoms with van der Waals surface area (Å²) in [5, 5.41) is 9.59. The Morgan fingerprint density at radius 2 is 1.39 bits per heavy atom. The normalized spacial score (nSPS) is 16.9. The minimum absolute atomic E-state index is 0.432. The summed E-state index contributed by atoms with van der Waals surface area (Å²) in [6.07, 6.45) is 2.01. The highest BCUT2D eigenvalue weighted by molar-refractivity contribution is 5.19. The molecule has 0 bridgehead atoms. The first-order chi connectivity index (χ1) is 8.39. The quantitative estimate of drug-likeness (QED) is 0.826. The Labute approximate surface area is 111 Å². The topological polar surface area (TPSA) is 29.5 Å². The summed E-state index contributed by atoms with van der Waals surface area (Å²) < 4.78 is 5.18. The second-order valence-corrected chi connectivity index (χ2v) is 5.70. The smallest absolute Gasteiger partial charge is 0.0621 e. The van der Waals surface area contributed by atoms with Crippen LogP contribution in [0.25, 0.3) is 0 Å².